The Kier molecular flexibility index (Phi) is 3.31. The molecule has 2 aromatic carbocycles. The normalized spacial score (nSPS) is 10.8. The van der Waals surface area contributed by atoms with E-state index in [-0.39, 0.29) is 5.78 Å². The molecule has 1 nitrogen and oxygen atoms in total. The molecule has 3 aromatic rings. The highest BCUT2D eigenvalue weighted by Gasteiger charge is 2.17. The molecule has 0 amide bonds. The molecule has 4 heteroatoms. The second-order valence-electron chi connectivity index (χ2n) is 4.10. The highest BCUT2D eigenvalue weighted by Crippen LogP contribution is 2.30. The summed E-state index contributed by atoms with van der Waals surface area (Å²) in [5.74, 6) is -0.0926. The van der Waals surface area contributed by atoms with Crippen LogP contribution in [0.3, 0.4) is 0 Å². The van der Waals surface area contributed by atoms with Crippen molar-refractivity contribution >= 4 is 50.4 Å². The molecule has 1 aromatic heterocycles. The van der Waals surface area contributed by atoms with Crippen LogP contribution in [-0.2, 0) is 0 Å². The lowest BCUT2D eigenvalue weighted by molar-refractivity contribution is 0.104. The summed E-state index contributed by atoms with van der Waals surface area (Å²) < 4.78 is 1.09. The van der Waals surface area contributed by atoms with Crippen molar-refractivity contribution in [2.24, 2.45) is 0 Å². The van der Waals surface area contributed by atoms with Gasteiger partial charge in [0.1, 0.15) is 0 Å². The Labute approximate surface area is 124 Å². The first-order valence-corrected chi connectivity index (χ1v) is 7.26. The molecule has 0 bridgehead atoms. The third-order valence-corrected chi connectivity index (χ3v) is 4.43. The van der Waals surface area contributed by atoms with Crippen molar-refractivity contribution in [3.05, 3.63) is 69.0 Å². The molecule has 0 atom stereocenters. The quantitative estimate of drug-likeness (QED) is 0.576. The van der Waals surface area contributed by atoms with E-state index in [1.807, 2.05) is 29.6 Å². The van der Waals surface area contributed by atoms with Crippen LogP contribution in [0, 0.1) is 0 Å². The van der Waals surface area contributed by atoms with E-state index in [9.17, 15) is 4.79 Å². The van der Waals surface area contributed by atoms with Crippen LogP contribution in [0.4, 0.5) is 0 Å². The van der Waals surface area contributed by atoms with Gasteiger partial charge in [-0.05, 0) is 24.3 Å². The van der Waals surface area contributed by atoms with Crippen molar-refractivity contribution < 1.29 is 4.79 Å². The largest absolute Gasteiger partial charge is 0.288 e. The molecule has 19 heavy (non-hydrogen) atoms. The summed E-state index contributed by atoms with van der Waals surface area (Å²) in [6, 6.07) is 12.7. The van der Waals surface area contributed by atoms with E-state index in [0.717, 1.165) is 10.1 Å². The molecular formula is C15H8Cl2OS. The van der Waals surface area contributed by atoms with Crippen LogP contribution in [0.5, 0.6) is 0 Å². The summed E-state index contributed by atoms with van der Waals surface area (Å²) in [6.45, 7) is 0. The molecule has 0 saturated carbocycles. The molecule has 0 radical (unpaired) electrons. The fourth-order valence-corrected chi connectivity index (χ4v) is 3.29. The second kappa shape index (κ2) is 4.97. The predicted molar refractivity (Wildman–Crippen MR) is 81.7 cm³/mol. The summed E-state index contributed by atoms with van der Waals surface area (Å²) >= 11 is 13.6. The van der Waals surface area contributed by atoms with Crippen LogP contribution in [-0.4, -0.2) is 5.78 Å². The maximum atomic E-state index is 12.6. The van der Waals surface area contributed by atoms with Crippen LogP contribution in [0.25, 0.3) is 10.1 Å². The van der Waals surface area contributed by atoms with Crippen LogP contribution >= 0.6 is 34.5 Å². The topological polar surface area (TPSA) is 17.1 Å². The minimum atomic E-state index is -0.0926. The predicted octanol–water partition coefficient (Wildman–Crippen LogP) is 5.44. The zero-order valence-corrected chi connectivity index (χ0v) is 12.0. The van der Waals surface area contributed by atoms with E-state index in [0.29, 0.717) is 21.2 Å². The first kappa shape index (κ1) is 12.7. The number of thiophene rings is 1. The van der Waals surface area contributed by atoms with Crippen molar-refractivity contribution in [1.29, 1.82) is 0 Å². The van der Waals surface area contributed by atoms with Crippen molar-refractivity contribution in [2.45, 2.75) is 0 Å². The van der Waals surface area contributed by atoms with Crippen molar-refractivity contribution in [2.75, 3.05) is 0 Å². The molecule has 0 aliphatic rings. The van der Waals surface area contributed by atoms with E-state index in [2.05, 4.69) is 0 Å². The molecule has 1 heterocycles. The molecule has 3 rings (SSSR count). The van der Waals surface area contributed by atoms with Gasteiger partial charge < -0.3 is 0 Å². The number of ketones is 1. The maximum Gasteiger partial charge on any atom is 0.196 e. The average molecular weight is 307 g/mol. The smallest absolute Gasteiger partial charge is 0.196 e. The zero-order valence-electron chi connectivity index (χ0n) is 9.69. The Morgan fingerprint density at radius 1 is 1.00 bits per heavy atom. The van der Waals surface area contributed by atoms with Crippen molar-refractivity contribution in [3.63, 3.8) is 0 Å². The third kappa shape index (κ3) is 2.27. The minimum absolute atomic E-state index is 0.0926. The number of carbonyl (C=O) groups excluding carboxylic acids is 1. The average Bonchev–Trinajstić information content (AvgIpc) is 2.84. The van der Waals surface area contributed by atoms with E-state index in [1.54, 1.807) is 29.5 Å². The third-order valence-electron chi connectivity index (χ3n) is 2.90. The van der Waals surface area contributed by atoms with Gasteiger partial charge in [0.15, 0.2) is 5.78 Å². The van der Waals surface area contributed by atoms with Gasteiger partial charge >= 0.3 is 0 Å². The molecule has 0 unspecified atom stereocenters. The van der Waals surface area contributed by atoms with Gasteiger partial charge in [0, 0.05) is 31.6 Å². The lowest BCUT2D eigenvalue weighted by Gasteiger charge is -2.03. The number of benzene rings is 2. The summed E-state index contributed by atoms with van der Waals surface area (Å²) in [5.41, 5.74) is 1.11. The van der Waals surface area contributed by atoms with Gasteiger partial charge in [-0.3, -0.25) is 4.79 Å². The van der Waals surface area contributed by atoms with Crippen LogP contribution < -0.4 is 0 Å². The Bertz CT molecular complexity index is 777. The molecule has 0 fully saturated rings. The van der Waals surface area contributed by atoms with Gasteiger partial charge in [-0.1, -0.05) is 41.4 Å². The standard InChI is InChI=1S/C15H8Cl2OS/c16-9-5-6-13(17)11(7-9)15(18)12-8-19-14-4-2-1-3-10(12)14/h1-8H. The lowest BCUT2D eigenvalue weighted by Crippen LogP contribution is -2.01. The van der Waals surface area contributed by atoms with Gasteiger partial charge in [-0.25, -0.2) is 0 Å². The molecule has 0 spiro atoms. The van der Waals surface area contributed by atoms with Gasteiger partial charge in [0.2, 0.25) is 0 Å². The van der Waals surface area contributed by atoms with Crippen LogP contribution in [0.2, 0.25) is 10.0 Å². The maximum absolute atomic E-state index is 12.6. The van der Waals surface area contributed by atoms with Gasteiger partial charge in [0.05, 0.1) is 5.02 Å². The summed E-state index contributed by atoms with van der Waals surface area (Å²) in [5, 5.41) is 3.75. The summed E-state index contributed by atoms with van der Waals surface area (Å²) in [4.78, 5) is 12.6. The number of hydrogen-bond donors (Lipinski definition) is 0. The van der Waals surface area contributed by atoms with Gasteiger partial charge in [0.25, 0.3) is 0 Å². The van der Waals surface area contributed by atoms with E-state index in [4.69, 9.17) is 23.2 Å². The fraction of sp³-hybridized carbons (Fsp3) is 0. The highest BCUT2D eigenvalue weighted by molar-refractivity contribution is 7.17. The monoisotopic (exact) mass is 306 g/mol. The van der Waals surface area contributed by atoms with E-state index in [1.165, 1.54) is 0 Å². The lowest BCUT2D eigenvalue weighted by atomic mass is 10.0. The molecule has 0 aliphatic carbocycles. The first-order valence-electron chi connectivity index (χ1n) is 5.63. The molecule has 0 saturated heterocycles. The Hall–Kier alpha value is -1.35. The van der Waals surface area contributed by atoms with Gasteiger partial charge in [-0.15, -0.1) is 11.3 Å². The number of hydrogen-bond acceptors (Lipinski definition) is 2. The zero-order chi connectivity index (χ0) is 13.4. The number of rotatable bonds is 2. The van der Waals surface area contributed by atoms with E-state index < -0.39 is 0 Å². The summed E-state index contributed by atoms with van der Waals surface area (Å²) in [6.07, 6.45) is 0. The Balaban J connectivity index is 2.16. The highest BCUT2D eigenvalue weighted by atomic mass is 35.5. The number of fused-ring (bicyclic) bond motifs is 1. The SMILES string of the molecule is O=C(c1cc(Cl)ccc1Cl)c1csc2ccccc12. The Morgan fingerprint density at radius 2 is 1.79 bits per heavy atom. The fourth-order valence-electron chi connectivity index (χ4n) is 1.97. The van der Waals surface area contributed by atoms with Gasteiger partial charge in [-0.2, -0.15) is 0 Å². The molecular weight excluding hydrogens is 299 g/mol. The van der Waals surface area contributed by atoms with Crippen LogP contribution in [0.1, 0.15) is 15.9 Å². The van der Waals surface area contributed by atoms with Crippen LogP contribution in [0.15, 0.2) is 47.8 Å². The summed E-state index contributed by atoms with van der Waals surface area (Å²) in [7, 11) is 0. The number of carbonyl (C=O) groups is 1. The number of halogens is 2. The second-order valence-corrected chi connectivity index (χ2v) is 5.85. The van der Waals surface area contributed by atoms with E-state index >= 15 is 0 Å². The minimum Gasteiger partial charge on any atom is -0.288 e. The first-order chi connectivity index (χ1) is 9.16. The molecule has 94 valence electrons. The van der Waals surface area contributed by atoms with Crippen molar-refractivity contribution in [1.82, 2.24) is 0 Å². The van der Waals surface area contributed by atoms with Crippen molar-refractivity contribution in [3.8, 4) is 0 Å². The molecule has 0 N–H and O–H groups in total. The molecule has 0 aliphatic heterocycles. The Morgan fingerprint density at radius 3 is 2.63 bits per heavy atom.